The van der Waals surface area contributed by atoms with Crippen LogP contribution in [0.25, 0.3) is 21.5 Å². The number of amides is 1. The first kappa shape index (κ1) is 15.2. The fraction of sp³-hybridized carbons (Fsp3) is 0.100. The third kappa shape index (κ3) is 2.46. The lowest BCUT2D eigenvalue weighted by molar-refractivity contribution is 0.103. The van der Waals surface area contributed by atoms with E-state index in [1.807, 2.05) is 48.5 Å². The number of ether oxygens (including phenoxy) is 1. The van der Waals surface area contributed by atoms with E-state index < -0.39 is 0 Å². The molecule has 5 nitrogen and oxygen atoms in total. The van der Waals surface area contributed by atoms with Gasteiger partial charge in [-0.15, -0.1) is 11.3 Å². The molecule has 0 saturated heterocycles. The number of carbonyl (C=O) groups is 1. The Labute approximate surface area is 153 Å². The third-order valence-electron chi connectivity index (χ3n) is 4.30. The number of oxazole rings is 1. The van der Waals surface area contributed by atoms with Gasteiger partial charge in [0.05, 0.1) is 4.88 Å². The maximum absolute atomic E-state index is 12.7. The van der Waals surface area contributed by atoms with Crippen molar-refractivity contribution in [3.63, 3.8) is 0 Å². The summed E-state index contributed by atoms with van der Waals surface area (Å²) in [5.41, 5.74) is 4.21. The fourth-order valence-corrected chi connectivity index (χ4v) is 4.22. The van der Waals surface area contributed by atoms with Crippen molar-refractivity contribution in [1.29, 1.82) is 0 Å². The Morgan fingerprint density at radius 3 is 3.00 bits per heavy atom. The topological polar surface area (TPSA) is 64.4 Å². The van der Waals surface area contributed by atoms with E-state index in [9.17, 15) is 4.79 Å². The van der Waals surface area contributed by atoms with E-state index in [1.165, 1.54) is 11.3 Å². The smallest absolute Gasteiger partial charge is 0.265 e. The van der Waals surface area contributed by atoms with Gasteiger partial charge >= 0.3 is 0 Å². The number of anilines is 1. The molecule has 0 bridgehead atoms. The van der Waals surface area contributed by atoms with Gasteiger partial charge in [0, 0.05) is 28.6 Å². The first-order valence-electron chi connectivity index (χ1n) is 8.21. The molecular weight excluding hydrogens is 348 g/mol. The lowest BCUT2D eigenvalue weighted by atomic mass is 10.1. The fourth-order valence-electron chi connectivity index (χ4n) is 3.12. The number of carbonyl (C=O) groups excluding carboxylic acids is 1. The number of benzene rings is 2. The summed E-state index contributed by atoms with van der Waals surface area (Å²) in [5, 5.41) is 2.94. The number of rotatable bonds is 2. The first-order valence-corrected chi connectivity index (χ1v) is 9.02. The zero-order valence-corrected chi connectivity index (χ0v) is 14.7. The van der Waals surface area contributed by atoms with Crippen LogP contribution in [-0.4, -0.2) is 10.9 Å². The van der Waals surface area contributed by atoms with Crippen LogP contribution in [0.3, 0.4) is 0 Å². The summed E-state index contributed by atoms with van der Waals surface area (Å²) < 4.78 is 11.2. The molecule has 0 atom stereocenters. The van der Waals surface area contributed by atoms with E-state index in [4.69, 9.17) is 9.15 Å². The lowest BCUT2D eigenvalue weighted by Gasteiger charge is -2.16. The minimum absolute atomic E-state index is 0.138. The number of thiophene rings is 1. The predicted octanol–water partition coefficient (Wildman–Crippen LogP) is 5.01. The Balaban J connectivity index is 1.45. The highest BCUT2D eigenvalue weighted by atomic mass is 32.1. The van der Waals surface area contributed by atoms with Gasteiger partial charge in [0.25, 0.3) is 5.91 Å². The Bertz CT molecular complexity index is 1160. The molecule has 128 valence electrons. The number of aryl methyl sites for hydroxylation is 1. The van der Waals surface area contributed by atoms with Gasteiger partial charge in [-0.05, 0) is 36.4 Å². The van der Waals surface area contributed by atoms with Crippen molar-refractivity contribution in [3.8, 4) is 16.2 Å². The van der Waals surface area contributed by atoms with Crippen molar-refractivity contribution in [2.75, 3.05) is 5.32 Å². The molecule has 0 aliphatic carbocycles. The number of hydrogen-bond acceptors (Lipinski definition) is 5. The summed E-state index contributed by atoms with van der Waals surface area (Å²) in [6.07, 6.45) is 0. The molecule has 0 saturated carbocycles. The minimum Gasteiger partial charge on any atom is -0.488 e. The van der Waals surface area contributed by atoms with Gasteiger partial charge in [-0.2, -0.15) is 0 Å². The van der Waals surface area contributed by atoms with E-state index in [0.29, 0.717) is 28.6 Å². The van der Waals surface area contributed by atoms with Gasteiger partial charge < -0.3 is 14.5 Å². The molecule has 3 heterocycles. The van der Waals surface area contributed by atoms with Gasteiger partial charge in [-0.1, -0.05) is 12.1 Å². The molecule has 4 aromatic rings. The lowest BCUT2D eigenvalue weighted by Crippen LogP contribution is -2.10. The van der Waals surface area contributed by atoms with Gasteiger partial charge in [0.1, 0.15) is 17.9 Å². The van der Waals surface area contributed by atoms with E-state index in [2.05, 4.69) is 10.3 Å². The van der Waals surface area contributed by atoms with Gasteiger partial charge in [-0.25, -0.2) is 4.98 Å². The first-order chi connectivity index (χ1) is 12.7. The van der Waals surface area contributed by atoms with E-state index in [0.717, 1.165) is 27.3 Å². The standard InChI is InChI=1S/C20H14N2O3S/c1-11-21-15-9-13(6-7-17(15)25-11)22-20(23)18-8-12-10-24-16-5-3-2-4-14(16)19(12)26-18/h2-9H,10H2,1H3,(H,22,23). The average Bonchev–Trinajstić information content (AvgIpc) is 3.24. The number of para-hydroxylation sites is 1. The van der Waals surface area contributed by atoms with Crippen LogP contribution in [0.4, 0.5) is 5.69 Å². The predicted molar refractivity (Wildman–Crippen MR) is 101 cm³/mol. The van der Waals surface area contributed by atoms with Gasteiger partial charge in [0.2, 0.25) is 0 Å². The average molecular weight is 362 g/mol. The molecule has 2 aromatic heterocycles. The van der Waals surface area contributed by atoms with Crippen molar-refractivity contribution in [3.05, 3.63) is 64.9 Å². The zero-order valence-electron chi connectivity index (χ0n) is 13.9. The monoisotopic (exact) mass is 362 g/mol. The molecule has 26 heavy (non-hydrogen) atoms. The molecule has 6 heteroatoms. The molecule has 0 radical (unpaired) electrons. The summed E-state index contributed by atoms with van der Waals surface area (Å²) >= 11 is 1.49. The summed E-state index contributed by atoms with van der Waals surface area (Å²) in [6.45, 7) is 2.29. The SMILES string of the molecule is Cc1nc2cc(NC(=O)c3cc4c(s3)-c3ccccc3OC4)ccc2o1. The quantitative estimate of drug-likeness (QED) is 0.544. The Morgan fingerprint density at radius 1 is 1.19 bits per heavy atom. The van der Waals surface area contributed by atoms with Crippen molar-refractivity contribution in [2.24, 2.45) is 0 Å². The van der Waals surface area contributed by atoms with Crippen LogP contribution in [0, 0.1) is 6.92 Å². The van der Waals surface area contributed by atoms with Crippen LogP contribution in [0.1, 0.15) is 21.1 Å². The maximum Gasteiger partial charge on any atom is 0.265 e. The molecular formula is C20H14N2O3S. The normalized spacial score (nSPS) is 12.3. The van der Waals surface area contributed by atoms with E-state index in [-0.39, 0.29) is 5.91 Å². The van der Waals surface area contributed by atoms with E-state index in [1.54, 1.807) is 6.92 Å². The second kappa shape index (κ2) is 5.71. The highest BCUT2D eigenvalue weighted by molar-refractivity contribution is 7.17. The number of aromatic nitrogens is 1. The van der Waals surface area contributed by atoms with Crippen LogP contribution in [-0.2, 0) is 6.61 Å². The second-order valence-corrected chi connectivity index (χ2v) is 7.17. The Kier molecular flexibility index (Phi) is 3.33. The van der Waals surface area contributed by atoms with Crippen LogP contribution >= 0.6 is 11.3 Å². The van der Waals surface area contributed by atoms with Crippen molar-refractivity contribution < 1.29 is 13.9 Å². The van der Waals surface area contributed by atoms with Crippen LogP contribution < -0.4 is 10.1 Å². The number of hydrogen-bond donors (Lipinski definition) is 1. The maximum atomic E-state index is 12.7. The highest BCUT2D eigenvalue weighted by Crippen LogP contribution is 2.42. The van der Waals surface area contributed by atoms with Crippen LogP contribution in [0.5, 0.6) is 5.75 Å². The number of nitrogens with one attached hydrogen (secondary N) is 1. The number of fused-ring (bicyclic) bond motifs is 4. The summed E-state index contributed by atoms with van der Waals surface area (Å²) in [4.78, 5) is 18.8. The summed E-state index contributed by atoms with van der Waals surface area (Å²) in [7, 11) is 0. The molecule has 1 aliphatic heterocycles. The van der Waals surface area contributed by atoms with Gasteiger partial charge in [0.15, 0.2) is 11.5 Å². The Hall–Kier alpha value is -3.12. The molecule has 0 spiro atoms. The zero-order chi connectivity index (χ0) is 17.7. The molecule has 0 fully saturated rings. The molecule has 5 rings (SSSR count). The third-order valence-corrected chi connectivity index (χ3v) is 5.51. The number of nitrogens with zero attached hydrogens (tertiary/aromatic N) is 1. The summed E-state index contributed by atoms with van der Waals surface area (Å²) in [5.74, 6) is 1.33. The minimum atomic E-state index is -0.138. The Morgan fingerprint density at radius 2 is 2.08 bits per heavy atom. The largest absolute Gasteiger partial charge is 0.488 e. The molecule has 1 aliphatic rings. The molecule has 0 unspecified atom stereocenters. The second-order valence-electron chi connectivity index (χ2n) is 6.12. The highest BCUT2D eigenvalue weighted by Gasteiger charge is 2.22. The van der Waals surface area contributed by atoms with Crippen molar-refractivity contribution in [1.82, 2.24) is 4.98 Å². The van der Waals surface area contributed by atoms with Crippen LogP contribution in [0.15, 0.2) is 52.9 Å². The molecule has 2 aromatic carbocycles. The van der Waals surface area contributed by atoms with Gasteiger partial charge in [-0.3, -0.25) is 4.79 Å². The summed E-state index contributed by atoms with van der Waals surface area (Å²) in [6, 6.07) is 15.3. The van der Waals surface area contributed by atoms with E-state index >= 15 is 0 Å². The van der Waals surface area contributed by atoms with Crippen LogP contribution in [0.2, 0.25) is 0 Å². The molecule has 1 N–H and O–H groups in total. The molecule has 1 amide bonds. The van der Waals surface area contributed by atoms with Crippen molar-refractivity contribution in [2.45, 2.75) is 13.5 Å². The van der Waals surface area contributed by atoms with Crippen molar-refractivity contribution >= 4 is 34.0 Å².